The highest BCUT2D eigenvalue weighted by Crippen LogP contribution is 2.31. The van der Waals surface area contributed by atoms with E-state index in [1.165, 1.54) is 10.8 Å². The van der Waals surface area contributed by atoms with Gasteiger partial charge in [-0.1, -0.05) is 53.5 Å². The van der Waals surface area contributed by atoms with E-state index < -0.39 is 22.9 Å². The fraction of sp³-hybridized carbons (Fsp3) is 0.424. The molecular weight excluding hydrogens is 647 g/mol. The maximum Gasteiger partial charge on any atom is 0.407 e. The van der Waals surface area contributed by atoms with Crippen molar-refractivity contribution in [2.75, 3.05) is 31.5 Å². The number of rotatable bonds is 7. The molecule has 14 heteroatoms. The van der Waals surface area contributed by atoms with Crippen molar-refractivity contribution >= 4 is 46.9 Å². The van der Waals surface area contributed by atoms with E-state index >= 15 is 0 Å². The van der Waals surface area contributed by atoms with E-state index in [1.807, 2.05) is 29.2 Å². The number of aromatic nitrogens is 2. The van der Waals surface area contributed by atoms with Gasteiger partial charge in [-0.15, -0.1) is 0 Å². The summed E-state index contributed by atoms with van der Waals surface area (Å²) in [6.45, 7) is 5.97. The lowest BCUT2D eigenvalue weighted by Crippen LogP contribution is -2.51. The molecule has 0 atom stereocenters. The molecule has 0 bridgehead atoms. The van der Waals surface area contributed by atoms with E-state index in [4.69, 9.17) is 27.9 Å². The first-order chi connectivity index (χ1) is 22.3. The third kappa shape index (κ3) is 7.99. The molecule has 4 amide bonds. The minimum Gasteiger partial charge on any atom is -0.444 e. The van der Waals surface area contributed by atoms with E-state index in [9.17, 15) is 24.0 Å². The number of fused-ring (bicyclic) bond motifs is 1. The average molecular weight is 686 g/mol. The van der Waals surface area contributed by atoms with Crippen molar-refractivity contribution in [3.05, 3.63) is 85.1 Å². The van der Waals surface area contributed by atoms with Gasteiger partial charge in [-0.2, -0.15) is 0 Å². The predicted octanol–water partition coefficient (Wildman–Crippen LogP) is 4.59. The number of hydrogen-bond acceptors (Lipinski definition) is 6. The van der Waals surface area contributed by atoms with Gasteiger partial charge in [0, 0.05) is 56.2 Å². The molecule has 0 unspecified atom stereocenters. The quantitative estimate of drug-likeness (QED) is 0.374. The van der Waals surface area contributed by atoms with Crippen LogP contribution in [0.4, 0.5) is 15.3 Å². The lowest BCUT2D eigenvalue weighted by atomic mass is 10.0. The number of nitrogens with zero attached hydrogens (tertiary/aromatic N) is 4. The molecule has 2 aliphatic heterocycles. The number of piperidine rings is 1. The van der Waals surface area contributed by atoms with Gasteiger partial charge in [0.25, 0.3) is 5.56 Å². The highest BCUT2D eigenvalue weighted by molar-refractivity contribution is 6.43. The molecule has 2 aliphatic rings. The zero-order valence-corrected chi connectivity index (χ0v) is 28.1. The summed E-state index contributed by atoms with van der Waals surface area (Å²) in [5.74, 6) is -0.307. The predicted molar refractivity (Wildman–Crippen MR) is 180 cm³/mol. The number of halogens is 2. The Kier molecular flexibility index (Phi) is 10.3. The maximum absolute atomic E-state index is 13.6. The Balaban J connectivity index is 1.32. The highest BCUT2D eigenvalue weighted by Gasteiger charge is 2.31. The molecular formula is C33H38Cl2N6O6. The largest absolute Gasteiger partial charge is 0.444 e. The Bertz CT molecular complexity index is 1790. The van der Waals surface area contributed by atoms with Gasteiger partial charge in [-0.3, -0.25) is 18.7 Å². The molecule has 1 saturated heterocycles. The number of amides is 4. The maximum atomic E-state index is 13.6. The van der Waals surface area contributed by atoms with Crippen molar-refractivity contribution in [2.24, 2.45) is 0 Å². The first-order valence-electron chi connectivity index (χ1n) is 15.5. The van der Waals surface area contributed by atoms with E-state index in [0.29, 0.717) is 38.0 Å². The summed E-state index contributed by atoms with van der Waals surface area (Å²) >= 11 is 12.7. The number of carbonyl (C=O) groups is 3. The third-order valence-corrected chi connectivity index (χ3v) is 9.01. The molecule has 5 rings (SSSR count). The lowest BCUT2D eigenvalue weighted by molar-refractivity contribution is -0.133. The number of carbonyl (C=O) groups excluding carboxylic acids is 3. The molecule has 0 saturated carbocycles. The van der Waals surface area contributed by atoms with Crippen molar-refractivity contribution in [1.29, 1.82) is 0 Å². The molecule has 2 aromatic carbocycles. The van der Waals surface area contributed by atoms with Crippen molar-refractivity contribution in [2.45, 2.75) is 64.8 Å². The van der Waals surface area contributed by atoms with Gasteiger partial charge in [0.05, 0.1) is 15.6 Å². The second-order valence-corrected chi connectivity index (χ2v) is 13.4. The molecule has 0 spiro atoms. The van der Waals surface area contributed by atoms with Crippen LogP contribution in [-0.4, -0.2) is 74.8 Å². The molecule has 1 fully saturated rings. The van der Waals surface area contributed by atoms with Crippen LogP contribution in [0.5, 0.6) is 0 Å². The number of urea groups is 1. The minimum absolute atomic E-state index is 0.0352. The summed E-state index contributed by atoms with van der Waals surface area (Å²) in [5.41, 5.74) is 0.198. The summed E-state index contributed by atoms with van der Waals surface area (Å²) < 4.78 is 7.38. The number of nitrogens with one attached hydrogen (secondary N) is 2. The lowest BCUT2D eigenvalue weighted by Gasteiger charge is -2.38. The van der Waals surface area contributed by atoms with Gasteiger partial charge in [-0.05, 0) is 57.7 Å². The number of benzene rings is 2. The fourth-order valence-corrected chi connectivity index (χ4v) is 6.26. The fourth-order valence-electron chi connectivity index (χ4n) is 5.86. The Morgan fingerprint density at radius 2 is 1.70 bits per heavy atom. The van der Waals surface area contributed by atoms with Gasteiger partial charge < -0.3 is 25.2 Å². The van der Waals surface area contributed by atoms with E-state index in [2.05, 4.69) is 10.6 Å². The minimum atomic E-state index is -0.725. The van der Waals surface area contributed by atoms with Crippen molar-refractivity contribution in [3.63, 3.8) is 0 Å². The zero-order valence-electron chi connectivity index (χ0n) is 26.6. The van der Waals surface area contributed by atoms with Gasteiger partial charge in [0.1, 0.15) is 12.1 Å². The molecule has 47 heavy (non-hydrogen) atoms. The van der Waals surface area contributed by atoms with Crippen LogP contribution in [0.25, 0.3) is 11.1 Å². The van der Waals surface area contributed by atoms with Crippen LogP contribution in [0, 0.1) is 0 Å². The second kappa shape index (κ2) is 14.2. The molecule has 0 radical (unpaired) electrons. The normalized spacial score (nSPS) is 15.5. The first kappa shape index (κ1) is 34.1. The van der Waals surface area contributed by atoms with Crippen molar-refractivity contribution in [3.8, 4) is 11.1 Å². The molecule has 2 N–H and O–H groups in total. The van der Waals surface area contributed by atoms with Crippen LogP contribution >= 0.6 is 23.2 Å². The molecule has 0 aliphatic carbocycles. The Labute approximate surface area is 282 Å². The summed E-state index contributed by atoms with van der Waals surface area (Å²) in [6, 6.07) is 12.4. The van der Waals surface area contributed by atoms with E-state index in [1.54, 1.807) is 43.9 Å². The smallest absolute Gasteiger partial charge is 0.407 e. The Morgan fingerprint density at radius 3 is 2.43 bits per heavy atom. The highest BCUT2D eigenvalue weighted by atomic mass is 35.5. The van der Waals surface area contributed by atoms with Crippen molar-refractivity contribution < 1.29 is 19.1 Å². The second-order valence-electron chi connectivity index (χ2n) is 12.6. The van der Waals surface area contributed by atoms with Gasteiger partial charge in [0.15, 0.2) is 0 Å². The number of likely N-dealkylation sites (tertiary alicyclic amines) is 1. The van der Waals surface area contributed by atoms with Crippen LogP contribution in [0.2, 0.25) is 10.0 Å². The van der Waals surface area contributed by atoms with Crippen LogP contribution < -0.4 is 21.9 Å². The van der Waals surface area contributed by atoms with Gasteiger partial charge in [-0.25, -0.2) is 14.4 Å². The van der Waals surface area contributed by atoms with E-state index in [-0.39, 0.29) is 53.2 Å². The van der Waals surface area contributed by atoms with Gasteiger partial charge >= 0.3 is 17.8 Å². The summed E-state index contributed by atoms with van der Waals surface area (Å²) in [5, 5.41) is 5.91. The number of ether oxygens (including phenoxy) is 1. The molecule has 3 heterocycles. The SMILES string of the molecule is CC(C)(C)OC(=O)NCCn1c(=O)c(-c2cccc(Cl)c2Cl)cn(CC(=O)N2CCC(N3CCc4ccccc4NC3=O)CC2)c1=O. The Morgan fingerprint density at radius 1 is 0.979 bits per heavy atom. The average Bonchev–Trinajstić information content (AvgIpc) is 3.19. The van der Waals surface area contributed by atoms with Crippen LogP contribution in [0.1, 0.15) is 39.2 Å². The van der Waals surface area contributed by atoms with Crippen molar-refractivity contribution in [1.82, 2.24) is 24.3 Å². The number of anilines is 1. The van der Waals surface area contributed by atoms with Crippen LogP contribution in [-0.2, 0) is 29.0 Å². The van der Waals surface area contributed by atoms with Gasteiger partial charge in [0.2, 0.25) is 5.91 Å². The monoisotopic (exact) mass is 684 g/mol. The van der Waals surface area contributed by atoms with Crippen LogP contribution in [0.15, 0.2) is 58.3 Å². The Hall–Kier alpha value is -4.29. The molecule has 3 aromatic rings. The third-order valence-electron chi connectivity index (χ3n) is 8.19. The summed E-state index contributed by atoms with van der Waals surface area (Å²) in [7, 11) is 0. The van der Waals surface area contributed by atoms with E-state index in [0.717, 1.165) is 22.2 Å². The van der Waals surface area contributed by atoms with Crippen LogP contribution in [0.3, 0.4) is 0 Å². The first-order valence-corrected chi connectivity index (χ1v) is 16.3. The molecule has 1 aromatic heterocycles. The number of hydrogen-bond donors (Lipinski definition) is 2. The molecule has 250 valence electrons. The topological polar surface area (TPSA) is 135 Å². The number of alkyl carbamates (subject to hydrolysis) is 1. The molecule has 12 nitrogen and oxygen atoms in total. The standard InChI is InChI=1S/C33H38Cl2N6O6/c1-33(2,3)47-31(45)36-14-18-41-29(43)24(23-8-6-9-25(34)28(23)35)19-39(32(41)46)20-27(42)38-15-12-22(13-16-38)40-17-11-21-7-4-5-10-26(21)37-30(40)44/h4-10,19,22H,11-18,20H2,1-3H3,(H,36,45)(H,37,44). The summed E-state index contributed by atoms with van der Waals surface area (Å²) in [4.78, 5) is 69.4. The zero-order chi connectivity index (χ0) is 33.9. The summed E-state index contributed by atoms with van der Waals surface area (Å²) in [6.07, 6.45) is 2.54. The number of para-hydroxylation sites is 1.